The van der Waals surface area contributed by atoms with Gasteiger partial charge in [0.15, 0.2) is 0 Å². The lowest BCUT2D eigenvalue weighted by Gasteiger charge is -2.35. The molecule has 5 heteroatoms. The van der Waals surface area contributed by atoms with E-state index in [9.17, 15) is 9.59 Å². The highest BCUT2D eigenvalue weighted by Crippen LogP contribution is 2.19. The van der Waals surface area contributed by atoms with Gasteiger partial charge in [0.05, 0.1) is 5.54 Å². The summed E-state index contributed by atoms with van der Waals surface area (Å²) in [5.74, 6) is 0.273. The minimum Gasteiger partial charge on any atom is -0.350 e. The summed E-state index contributed by atoms with van der Waals surface area (Å²) in [6.45, 7) is 6.29. The van der Waals surface area contributed by atoms with Crippen LogP contribution in [0.5, 0.6) is 0 Å². The summed E-state index contributed by atoms with van der Waals surface area (Å²) in [4.78, 5) is 25.7. The SMILES string of the molecule is CC(CN1CCCC1=O)NC(=O)C1(C)CCCCN1. The van der Waals surface area contributed by atoms with E-state index in [1.807, 2.05) is 18.7 Å². The van der Waals surface area contributed by atoms with Crippen LogP contribution in [-0.2, 0) is 9.59 Å². The maximum atomic E-state index is 12.3. The third-order valence-electron chi connectivity index (χ3n) is 4.16. The van der Waals surface area contributed by atoms with Crippen LogP contribution in [-0.4, -0.2) is 47.9 Å². The van der Waals surface area contributed by atoms with Crippen molar-refractivity contribution in [3.05, 3.63) is 0 Å². The van der Waals surface area contributed by atoms with Crippen LogP contribution in [0.4, 0.5) is 0 Å². The molecule has 108 valence electrons. The van der Waals surface area contributed by atoms with Crippen molar-refractivity contribution >= 4 is 11.8 Å². The van der Waals surface area contributed by atoms with Crippen LogP contribution >= 0.6 is 0 Å². The summed E-state index contributed by atoms with van der Waals surface area (Å²) in [7, 11) is 0. The van der Waals surface area contributed by atoms with Crippen molar-refractivity contribution in [3.63, 3.8) is 0 Å². The van der Waals surface area contributed by atoms with Gasteiger partial charge in [0.1, 0.15) is 0 Å². The second-order valence-corrected chi connectivity index (χ2v) is 6.03. The molecule has 2 aliphatic rings. The molecule has 0 saturated carbocycles. The lowest BCUT2D eigenvalue weighted by atomic mass is 9.90. The molecule has 2 unspecified atom stereocenters. The second-order valence-electron chi connectivity index (χ2n) is 6.03. The number of piperidine rings is 1. The number of carbonyl (C=O) groups is 2. The molecule has 0 bridgehead atoms. The molecule has 2 amide bonds. The van der Waals surface area contributed by atoms with Crippen LogP contribution < -0.4 is 10.6 Å². The first kappa shape index (κ1) is 14.3. The molecule has 19 heavy (non-hydrogen) atoms. The molecule has 5 nitrogen and oxygen atoms in total. The van der Waals surface area contributed by atoms with E-state index in [1.54, 1.807) is 0 Å². The minimum atomic E-state index is -0.443. The average Bonchev–Trinajstić information content (AvgIpc) is 2.76. The van der Waals surface area contributed by atoms with Crippen LogP contribution in [0.25, 0.3) is 0 Å². The van der Waals surface area contributed by atoms with Gasteiger partial charge in [-0.2, -0.15) is 0 Å². The van der Waals surface area contributed by atoms with Gasteiger partial charge in [-0.15, -0.1) is 0 Å². The number of likely N-dealkylation sites (tertiary alicyclic amines) is 1. The van der Waals surface area contributed by atoms with Gasteiger partial charge in [0.2, 0.25) is 11.8 Å². The molecule has 2 aliphatic heterocycles. The van der Waals surface area contributed by atoms with Gasteiger partial charge in [-0.1, -0.05) is 0 Å². The predicted molar refractivity (Wildman–Crippen MR) is 73.7 cm³/mol. The largest absolute Gasteiger partial charge is 0.350 e. The molecule has 0 aromatic carbocycles. The number of nitrogens with zero attached hydrogens (tertiary/aromatic N) is 1. The quantitative estimate of drug-likeness (QED) is 0.786. The van der Waals surface area contributed by atoms with E-state index in [-0.39, 0.29) is 17.9 Å². The van der Waals surface area contributed by atoms with E-state index >= 15 is 0 Å². The highest BCUT2D eigenvalue weighted by molar-refractivity contribution is 5.86. The first-order chi connectivity index (χ1) is 9.01. The molecule has 2 heterocycles. The first-order valence-electron chi connectivity index (χ1n) is 7.35. The zero-order valence-electron chi connectivity index (χ0n) is 12.0. The van der Waals surface area contributed by atoms with Crippen molar-refractivity contribution in [3.8, 4) is 0 Å². The van der Waals surface area contributed by atoms with Crippen LogP contribution in [0.15, 0.2) is 0 Å². The van der Waals surface area contributed by atoms with Gasteiger partial charge < -0.3 is 15.5 Å². The van der Waals surface area contributed by atoms with Crippen molar-refractivity contribution in [2.24, 2.45) is 0 Å². The van der Waals surface area contributed by atoms with Crippen LogP contribution in [0.2, 0.25) is 0 Å². The maximum absolute atomic E-state index is 12.3. The topological polar surface area (TPSA) is 61.4 Å². The Morgan fingerprint density at radius 2 is 2.26 bits per heavy atom. The maximum Gasteiger partial charge on any atom is 0.240 e. The molecule has 2 rings (SSSR count). The smallest absolute Gasteiger partial charge is 0.240 e. The van der Waals surface area contributed by atoms with Crippen molar-refractivity contribution in [1.82, 2.24) is 15.5 Å². The summed E-state index contributed by atoms with van der Waals surface area (Å²) in [6.07, 6.45) is 4.71. The third-order valence-corrected chi connectivity index (χ3v) is 4.16. The lowest BCUT2D eigenvalue weighted by Crippen LogP contribution is -2.59. The predicted octanol–water partition coefficient (Wildman–Crippen LogP) is 0.646. The van der Waals surface area contributed by atoms with E-state index in [4.69, 9.17) is 0 Å². The van der Waals surface area contributed by atoms with Gasteiger partial charge in [-0.05, 0) is 46.1 Å². The summed E-state index contributed by atoms with van der Waals surface area (Å²) >= 11 is 0. The number of rotatable bonds is 4. The Hall–Kier alpha value is -1.10. The van der Waals surface area contributed by atoms with Gasteiger partial charge in [0, 0.05) is 25.6 Å². The molecule has 2 saturated heterocycles. The van der Waals surface area contributed by atoms with Gasteiger partial charge in [-0.25, -0.2) is 0 Å². The lowest BCUT2D eigenvalue weighted by molar-refractivity contribution is -0.131. The molecule has 0 aromatic rings. The molecule has 0 aliphatic carbocycles. The Kier molecular flexibility index (Phi) is 4.45. The first-order valence-corrected chi connectivity index (χ1v) is 7.35. The summed E-state index contributed by atoms with van der Waals surface area (Å²) in [6, 6.07) is 0.00935. The minimum absolute atomic E-state index is 0.00935. The number of nitrogens with one attached hydrogen (secondary N) is 2. The second kappa shape index (κ2) is 5.90. The number of amides is 2. The normalized spacial score (nSPS) is 29.4. The van der Waals surface area contributed by atoms with Crippen LogP contribution in [0.1, 0.15) is 46.0 Å². The van der Waals surface area contributed by atoms with Crippen molar-refractivity contribution in [2.75, 3.05) is 19.6 Å². The molecule has 2 fully saturated rings. The standard InChI is InChI=1S/C14H25N3O2/c1-11(10-17-9-5-6-12(17)18)16-13(19)14(2)7-3-4-8-15-14/h11,15H,3-10H2,1-2H3,(H,16,19). The average molecular weight is 267 g/mol. The zero-order chi connectivity index (χ0) is 13.9. The number of hydrogen-bond donors (Lipinski definition) is 2. The van der Waals surface area contributed by atoms with Crippen molar-refractivity contribution in [1.29, 1.82) is 0 Å². The monoisotopic (exact) mass is 267 g/mol. The summed E-state index contributed by atoms with van der Waals surface area (Å²) < 4.78 is 0. The fourth-order valence-electron chi connectivity index (χ4n) is 2.91. The van der Waals surface area contributed by atoms with E-state index in [1.165, 1.54) is 0 Å². The highest BCUT2D eigenvalue weighted by atomic mass is 16.2. The van der Waals surface area contributed by atoms with E-state index < -0.39 is 5.54 Å². The van der Waals surface area contributed by atoms with Crippen LogP contribution in [0, 0.1) is 0 Å². The van der Waals surface area contributed by atoms with Gasteiger partial charge in [-0.3, -0.25) is 9.59 Å². The number of carbonyl (C=O) groups excluding carboxylic acids is 2. The molecule has 0 radical (unpaired) electrons. The van der Waals surface area contributed by atoms with Crippen molar-refractivity contribution in [2.45, 2.75) is 57.5 Å². The third kappa shape index (κ3) is 3.47. The van der Waals surface area contributed by atoms with Gasteiger partial charge >= 0.3 is 0 Å². The zero-order valence-corrected chi connectivity index (χ0v) is 12.0. The molecular weight excluding hydrogens is 242 g/mol. The summed E-state index contributed by atoms with van der Waals surface area (Å²) in [5, 5.41) is 6.35. The highest BCUT2D eigenvalue weighted by Gasteiger charge is 2.35. The van der Waals surface area contributed by atoms with Gasteiger partial charge in [0.25, 0.3) is 0 Å². The molecule has 2 N–H and O–H groups in total. The Bertz CT molecular complexity index is 351. The van der Waals surface area contributed by atoms with E-state index in [0.717, 1.165) is 38.8 Å². The van der Waals surface area contributed by atoms with E-state index in [2.05, 4.69) is 10.6 Å². The number of hydrogen-bond acceptors (Lipinski definition) is 3. The van der Waals surface area contributed by atoms with Crippen molar-refractivity contribution < 1.29 is 9.59 Å². The molecular formula is C14H25N3O2. The Morgan fingerprint density at radius 3 is 2.84 bits per heavy atom. The molecule has 0 spiro atoms. The Balaban J connectivity index is 1.82. The molecule has 0 aromatic heterocycles. The molecule has 2 atom stereocenters. The Labute approximate surface area is 115 Å². The van der Waals surface area contributed by atoms with E-state index in [0.29, 0.717) is 13.0 Å². The van der Waals surface area contributed by atoms with Crippen LogP contribution in [0.3, 0.4) is 0 Å². The Morgan fingerprint density at radius 1 is 1.47 bits per heavy atom. The fourth-order valence-corrected chi connectivity index (χ4v) is 2.91. The summed E-state index contributed by atoms with van der Waals surface area (Å²) in [5.41, 5.74) is -0.443. The fraction of sp³-hybridized carbons (Fsp3) is 0.857.